The average Bonchev–Trinajstić information content (AvgIpc) is 2.58. The Kier molecular flexibility index (Phi) is 5.10. The molecule has 154 valence electrons. The van der Waals surface area contributed by atoms with E-state index in [1.54, 1.807) is 0 Å². The molecule has 1 aromatic carbocycles. The minimum Gasteiger partial charge on any atom is -0.348 e. The first-order valence-electron chi connectivity index (χ1n) is 8.81. The Labute approximate surface area is 163 Å². The summed E-state index contributed by atoms with van der Waals surface area (Å²) in [5.41, 5.74) is -2.33. The molecule has 0 spiro atoms. The smallest absolute Gasteiger partial charge is 0.348 e. The van der Waals surface area contributed by atoms with Crippen LogP contribution in [0.5, 0.6) is 0 Å². The van der Waals surface area contributed by atoms with Crippen LogP contribution >= 0.6 is 0 Å². The summed E-state index contributed by atoms with van der Waals surface area (Å²) in [7, 11) is 0. The summed E-state index contributed by atoms with van der Waals surface area (Å²) in [4.78, 5) is 39.5. The SMILES string of the molecule is CC1(C)CC(=O)c2cc(C(=O)NCc3ccc(F)cc3C(F)(F)F)c(=O)[nH]c2C1. The lowest BCUT2D eigenvalue weighted by Crippen LogP contribution is -2.34. The third kappa shape index (κ3) is 4.38. The molecule has 3 rings (SSSR count). The number of amides is 1. The lowest BCUT2D eigenvalue weighted by atomic mass is 9.75. The molecule has 9 heteroatoms. The van der Waals surface area contributed by atoms with Crippen molar-refractivity contribution in [2.24, 2.45) is 5.41 Å². The fourth-order valence-electron chi connectivity index (χ4n) is 3.43. The normalized spacial score (nSPS) is 15.7. The van der Waals surface area contributed by atoms with Crippen LogP contribution in [0.1, 0.15) is 57.8 Å². The molecule has 2 aromatic rings. The molecule has 1 amide bonds. The summed E-state index contributed by atoms with van der Waals surface area (Å²) >= 11 is 0. The first-order chi connectivity index (χ1) is 13.4. The second-order valence-electron chi connectivity index (χ2n) is 7.83. The zero-order valence-corrected chi connectivity index (χ0v) is 15.7. The molecule has 0 unspecified atom stereocenters. The maximum absolute atomic E-state index is 13.2. The number of pyridine rings is 1. The van der Waals surface area contributed by atoms with E-state index in [2.05, 4.69) is 10.3 Å². The van der Waals surface area contributed by atoms with E-state index >= 15 is 0 Å². The number of nitrogens with one attached hydrogen (secondary N) is 2. The highest BCUT2D eigenvalue weighted by Crippen LogP contribution is 2.34. The predicted octanol–water partition coefficient (Wildman–Crippen LogP) is 3.62. The van der Waals surface area contributed by atoms with Crippen molar-refractivity contribution in [2.75, 3.05) is 0 Å². The number of fused-ring (bicyclic) bond motifs is 1. The topological polar surface area (TPSA) is 79.0 Å². The van der Waals surface area contributed by atoms with E-state index in [0.717, 1.165) is 12.1 Å². The Morgan fingerprint density at radius 2 is 1.86 bits per heavy atom. The Balaban J connectivity index is 1.86. The quantitative estimate of drug-likeness (QED) is 0.759. The minimum atomic E-state index is -4.80. The molecule has 0 bridgehead atoms. The molecule has 1 aliphatic carbocycles. The number of aromatic amines is 1. The van der Waals surface area contributed by atoms with Gasteiger partial charge in [-0.2, -0.15) is 13.2 Å². The summed E-state index contributed by atoms with van der Waals surface area (Å²) < 4.78 is 52.4. The standard InChI is InChI=1S/C20H18F4N2O3/c1-19(2)7-15-12(16(27)8-19)6-13(18(29)26-15)17(28)25-9-10-3-4-11(21)5-14(10)20(22,23)24/h3-6H,7-9H2,1-2H3,(H,25,28)(H,26,29). The number of H-pyrrole nitrogens is 1. The highest BCUT2D eigenvalue weighted by Gasteiger charge is 2.34. The fourth-order valence-corrected chi connectivity index (χ4v) is 3.43. The number of Topliss-reactive ketones (excluding diaryl/α,β-unsaturated/α-hetero) is 1. The Bertz CT molecular complexity index is 1050. The lowest BCUT2D eigenvalue weighted by Gasteiger charge is -2.29. The summed E-state index contributed by atoms with van der Waals surface area (Å²) in [5, 5.41) is 2.23. The van der Waals surface area contributed by atoms with Gasteiger partial charge in [0.15, 0.2) is 5.78 Å². The van der Waals surface area contributed by atoms with Crippen LogP contribution in [0.3, 0.4) is 0 Å². The number of halogens is 4. The number of hydrogen-bond acceptors (Lipinski definition) is 3. The molecule has 1 aliphatic rings. The summed E-state index contributed by atoms with van der Waals surface area (Å²) in [5.74, 6) is -2.21. The van der Waals surface area contributed by atoms with Crippen molar-refractivity contribution in [3.05, 3.63) is 68.4 Å². The van der Waals surface area contributed by atoms with Crippen molar-refractivity contribution in [3.63, 3.8) is 0 Å². The first kappa shape index (κ1) is 20.8. The maximum atomic E-state index is 13.2. The molecular weight excluding hydrogens is 392 g/mol. The molecule has 0 atom stereocenters. The van der Waals surface area contributed by atoms with Crippen LogP contribution in [0.2, 0.25) is 0 Å². The van der Waals surface area contributed by atoms with E-state index in [1.807, 2.05) is 13.8 Å². The molecule has 1 aromatic heterocycles. The van der Waals surface area contributed by atoms with Gasteiger partial charge in [-0.05, 0) is 35.6 Å². The summed E-state index contributed by atoms with van der Waals surface area (Å²) in [6, 6.07) is 3.29. The van der Waals surface area contributed by atoms with Crippen LogP contribution in [0.25, 0.3) is 0 Å². The van der Waals surface area contributed by atoms with Crippen LogP contribution in [-0.4, -0.2) is 16.7 Å². The molecule has 5 nitrogen and oxygen atoms in total. The second kappa shape index (κ2) is 7.13. The van der Waals surface area contributed by atoms with Crippen molar-refractivity contribution in [3.8, 4) is 0 Å². The van der Waals surface area contributed by atoms with Crippen LogP contribution in [0.4, 0.5) is 17.6 Å². The van der Waals surface area contributed by atoms with Crippen molar-refractivity contribution in [2.45, 2.75) is 39.4 Å². The predicted molar refractivity (Wildman–Crippen MR) is 96.1 cm³/mol. The Morgan fingerprint density at radius 1 is 1.17 bits per heavy atom. The molecule has 0 saturated heterocycles. The van der Waals surface area contributed by atoms with Gasteiger partial charge in [0.05, 0.1) is 5.56 Å². The van der Waals surface area contributed by atoms with Gasteiger partial charge >= 0.3 is 6.18 Å². The van der Waals surface area contributed by atoms with E-state index < -0.39 is 35.6 Å². The van der Waals surface area contributed by atoms with Crippen LogP contribution < -0.4 is 10.9 Å². The van der Waals surface area contributed by atoms with Crippen molar-refractivity contribution < 1.29 is 27.2 Å². The van der Waals surface area contributed by atoms with Gasteiger partial charge in [0.1, 0.15) is 11.4 Å². The van der Waals surface area contributed by atoms with Crippen LogP contribution in [-0.2, 0) is 19.1 Å². The number of aromatic nitrogens is 1. The van der Waals surface area contributed by atoms with Crippen LogP contribution in [0.15, 0.2) is 29.1 Å². The largest absolute Gasteiger partial charge is 0.416 e. The van der Waals surface area contributed by atoms with E-state index in [0.29, 0.717) is 18.2 Å². The van der Waals surface area contributed by atoms with Crippen molar-refractivity contribution in [1.82, 2.24) is 10.3 Å². The summed E-state index contributed by atoms with van der Waals surface area (Å²) in [6.07, 6.45) is -4.10. The van der Waals surface area contributed by atoms with Crippen LogP contribution in [0, 0.1) is 11.2 Å². The zero-order chi connectivity index (χ0) is 21.6. The highest BCUT2D eigenvalue weighted by atomic mass is 19.4. The maximum Gasteiger partial charge on any atom is 0.416 e. The third-order valence-electron chi connectivity index (χ3n) is 4.78. The Morgan fingerprint density at radius 3 is 2.52 bits per heavy atom. The third-order valence-corrected chi connectivity index (χ3v) is 4.78. The number of benzene rings is 1. The molecule has 1 heterocycles. The number of carbonyl (C=O) groups is 2. The first-order valence-corrected chi connectivity index (χ1v) is 8.81. The number of carbonyl (C=O) groups excluding carboxylic acids is 2. The van der Waals surface area contributed by atoms with Gasteiger partial charge in [-0.1, -0.05) is 19.9 Å². The van der Waals surface area contributed by atoms with Gasteiger partial charge in [-0.3, -0.25) is 14.4 Å². The van der Waals surface area contributed by atoms with Crippen molar-refractivity contribution in [1.29, 1.82) is 0 Å². The summed E-state index contributed by atoms with van der Waals surface area (Å²) in [6.45, 7) is 3.20. The van der Waals surface area contributed by atoms with Gasteiger partial charge in [-0.15, -0.1) is 0 Å². The molecule has 0 radical (unpaired) electrons. The lowest BCUT2D eigenvalue weighted by molar-refractivity contribution is -0.138. The number of hydrogen-bond donors (Lipinski definition) is 2. The minimum absolute atomic E-state index is 0.223. The van der Waals surface area contributed by atoms with Gasteiger partial charge in [0.2, 0.25) is 0 Å². The number of ketones is 1. The average molecular weight is 410 g/mol. The van der Waals surface area contributed by atoms with E-state index in [4.69, 9.17) is 0 Å². The molecule has 29 heavy (non-hydrogen) atoms. The van der Waals surface area contributed by atoms with E-state index in [-0.39, 0.29) is 34.3 Å². The van der Waals surface area contributed by atoms with E-state index in [1.165, 1.54) is 6.07 Å². The van der Waals surface area contributed by atoms with Crippen molar-refractivity contribution >= 4 is 11.7 Å². The second-order valence-corrected chi connectivity index (χ2v) is 7.83. The molecule has 0 fully saturated rings. The molecule has 2 N–H and O–H groups in total. The monoisotopic (exact) mass is 410 g/mol. The van der Waals surface area contributed by atoms with Gasteiger partial charge in [-0.25, -0.2) is 4.39 Å². The molecule has 0 aliphatic heterocycles. The Hall–Kier alpha value is -2.97. The molecular formula is C20H18F4N2O3. The van der Waals surface area contributed by atoms with Gasteiger partial charge in [0, 0.05) is 24.2 Å². The zero-order valence-electron chi connectivity index (χ0n) is 15.7. The fraction of sp³-hybridized carbons (Fsp3) is 0.350. The highest BCUT2D eigenvalue weighted by molar-refractivity contribution is 6.02. The van der Waals surface area contributed by atoms with Gasteiger partial charge in [0.25, 0.3) is 11.5 Å². The van der Waals surface area contributed by atoms with E-state index in [9.17, 15) is 31.9 Å². The number of alkyl halides is 3. The van der Waals surface area contributed by atoms with Gasteiger partial charge < -0.3 is 10.3 Å². The number of rotatable bonds is 3. The molecule has 0 saturated carbocycles.